The SMILES string of the molecule is COc1ccc(/C=C/C(=O)OCC(=O)N[C@@H](C)c2ccccc2Br)cc1. The number of methoxy groups -OCH3 is 1. The zero-order valence-corrected chi connectivity index (χ0v) is 16.2. The van der Waals surface area contributed by atoms with Crippen LogP contribution in [-0.2, 0) is 14.3 Å². The Morgan fingerprint density at radius 3 is 2.50 bits per heavy atom. The number of benzene rings is 2. The van der Waals surface area contributed by atoms with Crippen molar-refractivity contribution in [1.82, 2.24) is 5.32 Å². The van der Waals surface area contributed by atoms with E-state index < -0.39 is 5.97 Å². The van der Waals surface area contributed by atoms with E-state index in [1.54, 1.807) is 25.3 Å². The number of amides is 1. The van der Waals surface area contributed by atoms with Crippen LogP contribution in [0.25, 0.3) is 6.08 Å². The van der Waals surface area contributed by atoms with Gasteiger partial charge in [0.05, 0.1) is 13.2 Å². The second-order valence-electron chi connectivity index (χ2n) is 5.52. The maximum absolute atomic E-state index is 11.9. The third-order valence-corrected chi connectivity index (χ3v) is 4.34. The smallest absolute Gasteiger partial charge is 0.331 e. The molecule has 0 saturated carbocycles. The van der Waals surface area contributed by atoms with Gasteiger partial charge in [-0.3, -0.25) is 4.79 Å². The van der Waals surface area contributed by atoms with Gasteiger partial charge >= 0.3 is 5.97 Å². The fourth-order valence-electron chi connectivity index (χ4n) is 2.25. The third-order valence-electron chi connectivity index (χ3n) is 3.62. The number of ether oxygens (including phenoxy) is 2. The average Bonchev–Trinajstić information content (AvgIpc) is 2.65. The van der Waals surface area contributed by atoms with Gasteiger partial charge in [-0.2, -0.15) is 0 Å². The topological polar surface area (TPSA) is 64.6 Å². The molecule has 0 heterocycles. The van der Waals surface area contributed by atoms with Crippen molar-refractivity contribution in [3.8, 4) is 5.75 Å². The summed E-state index contributed by atoms with van der Waals surface area (Å²) in [6.07, 6.45) is 2.90. The van der Waals surface area contributed by atoms with Crippen LogP contribution in [0, 0.1) is 0 Å². The van der Waals surface area contributed by atoms with Crippen molar-refractivity contribution in [3.63, 3.8) is 0 Å². The summed E-state index contributed by atoms with van der Waals surface area (Å²) in [5.41, 5.74) is 1.78. The molecule has 26 heavy (non-hydrogen) atoms. The molecule has 5 nitrogen and oxygen atoms in total. The second-order valence-corrected chi connectivity index (χ2v) is 6.38. The molecule has 0 aliphatic carbocycles. The highest BCUT2D eigenvalue weighted by Crippen LogP contribution is 2.22. The molecular weight excluding hydrogens is 398 g/mol. The average molecular weight is 418 g/mol. The monoisotopic (exact) mass is 417 g/mol. The number of carbonyl (C=O) groups is 2. The number of hydrogen-bond donors (Lipinski definition) is 1. The molecule has 0 unspecified atom stereocenters. The zero-order valence-electron chi connectivity index (χ0n) is 14.6. The van der Waals surface area contributed by atoms with Crippen molar-refractivity contribution < 1.29 is 19.1 Å². The van der Waals surface area contributed by atoms with Gasteiger partial charge in [-0.1, -0.05) is 46.3 Å². The highest BCUT2D eigenvalue weighted by atomic mass is 79.9. The molecule has 0 bridgehead atoms. The van der Waals surface area contributed by atoms with Crippen LogP contribution in [-0.4, -0.2) is 25.6 Å². The van der Waals surface area contributed by atoms with Crippen molar-refractivity contribution in [2.24, 2.45) is 0 Å². The second kappa shape index (κ2) is 9.77. The summed E-state index contributed by atoms with van der Waals surface area (Å²) in [5, 5.41) is 2.79. The summed E-state index contributed by atoms with van der Waals surface area (Å²) < 4.78 is 10.9. The molecule has 136 valence electrons. The first-order valence-corrected chi connectivity index (χ1v) is 8.81. The maximum Gasteiger partial charge on any atom is 0.331 e. The summed E-state index contributed by atoms with van der Waals surface area (Å²) in [4.78, 5) is 23.7. The largest absolute Gasteiger partial charge is 0.497 e. The normalized spacial score (nSPS) is 11.8. The van der Waals surface area contributed by atoms with Gasteiger partial charge < -0.3 is 14.8 Å². The number of carbonyl (C=O) groups excluding carboxylic acids is 2. The number of halogens is 1. The molecule has 1 atom stereocenters. The van der Waals surface area contributed by atoms with Crippen molar-refractivity contribution in [3.05, 3.63) is 70.2 Å². The van der Waals surface area contributed by atoms with Gasteiger partial charge in [0.15, 0.2) is 6.61 Å². The van der Waals surface area contributed by atoms with Crippen LogP contribution in [0.5, 0.6) is 5.75 Å². The van der Waals surface area contributed by atoms with Crippen LogP contribution in [0.15, 0.2) is 59.1 Å². The van der Waals surface area contributed by atoms with E-state index in [4.69, 9.17) is 9.47 Å². The molecular formula is C20H20BrNO4. The van der Waals surface area contributed by atoms with E-state index in [9.17, 15) is 9.59 Å². The first-order valence-electron chi connectivity index (χ1n) is 8.02. The molecule has 1 N–H and O–H groups in total. The lowest BCUT2D eigenvalue weighted by atomic mass is 10.1. The Morgan fingerprint density at radius 2 is 1.85 bits per heavy atom. The lowest BCUT2D eigenvalue weighted by Gasteiger charge is -2.15. The minimum Gasteiger partial charge on any atom is -0.497 e. The van der Waals surface area contributed by atoms with Gasteiger partial charge in [0.1, 0.15) is 5.75 Å². The van der Waals surface area contributed by atoms with E-state index in [1.807, 2.05) is 43.3 Å². The number of rotatable bonds is 7. The van der Waals surface area contributed by atoms with E-state index >= 15 is 0 Å². The van der Waals surface area contributed by atoms with E-state index in [0.717, 1.165) is 21.3 Å². The first-order chi connectivity index (χ1) is 12.5. The zero-order chi connectivity index (χ0) is 18.9. The fraction of sp³-hybridized carbons (Fsp3) is 0.200. The molecule has 2 rings (SSSR count). The molecule has 0 aliphatic heterocycles. The predicted octanol–water partition coefficient (Wildman–Crippen LogP) is 3.89. The fourth-order valence-corrected chi connectivity index (χ4v) is 2.88. The van der Waals surface area contributed by atoms with Crippen molar-refractivity contribution >= 4 is 33.9 Å². The molecule has 0 saturated heterocycles. The van der Waals surface area contributed by atoms with Crippen molar-refractivity contribution in [2.75, 3.05) is 13.7 Å². The molecule has 0 fully saturated rings. The minimum atomic E-state index is -0.579. The molecule has 2 aromatic carbocycles. The molecule has 0 radical (unpaired) electrons. The molecule has 0 aromatic heterocycles. The Labute approximate surface area is 161 Å². The molecule has 1 amide bonds. The first kappa shape index (κ1) is 19.7. The highest BCUT2D eigenvalue weighted by molar-refractivity contribution is 9.10. The summed E-state index contributed by atoms with van der Waals surface area (Å²) in [6.45, 7) is 1.53. The summed E-state index contributed by atoms with van der Waals surface area (Å²) in [5.74, 6) is -0.204. The summed E-state index contributed by atoms with van der Waals surface area (Å²) in [6, 6.07) is 14.6. The number of nitrogens with one attached hydrogen (secondary N) is 1. The predicted molar refractivity (Wildman–Crippen MR) is 104 cm³/mol. The van der Waals surface area contributed by atoms with Gasteiger partial charge in [0.25, 0.3) is 5.91 Å². The van der Waals surface area contributed by atoms with Crippen molar-refractivity contribution in [2.45, 2.75) is 13.0 Å². The molecule has 0 spiro atoms. The lowest BCUT2D eigenvalue weighted by Crippen LogP contribution is -2.31. The number of hydrogen-bond acceptors (Lipinski definition) is 4. The van der Waals surface area contributed by atoms with Crippen LogP contribution in [0.2, 0.25) is 0 Å². The van der Waals surface area contributed by atoms with Gasteiger partial charge in [0.2, 0.25) is 0 Å². The lowest BCUT2D eigenvalue weighted by molar-refractivity contribution is -0.144. The Kier molecular flexibility index (Phi) is 7.41. The van der Waals surface area contributed by atoms with Crippen LogP contribution < -0.4 is 10.1 Å². The molecule has 2 aromatic rings. The van der Waals surface area contributed by atoms with E-state index in [1.165, 1.54) is 6.08 Å². The summed E-state index contributed by atoms with van der Waals surface area (Å²) in [7, 11) is 1.59. The molecule has 0 aliphatic rings. The summed E-state index contributed by atoms with van der Waals surface area (Å²) >= 11 is 3.45. The van der Waals surface area contributed by atoms with E-state index in [0.29, 0.717) is 0 Å². The van der Waals surface area contributed by atoms with Gasteiger partial charge in [-0.05, 0) is 42.3 Å². The number of esters is 1. The maximum atomic E-state index is 11.9. The van der Waals surface area contributed by atoms with E-state index in [-0.39, 0.29) is 18.6 Å². The Bertz CT molecular complexity index is 787. The van der Waals surface area contributed by atoms with E-state index in [2.05, 4.69) is 21.2 Å². The standard InChI is InChI=1S/C20H20BrNO4/c1-14(17-5-3-4-6-18(17)21)22-19(23)13-26-20(24)12-9-15-7-10-16(25-2)11-8-15/h3-12,14H,13H2,1-2H3,(H,22,23)/b12-9+/t14-/m0/s1. The van der Waals surface area contributed by atoms with Gasteiger partial charge in [-0.25, -0.2) is 4.79 Å². The van der Waals surface area contributed by atoms with Crippen LogP contribution in [0.3, 0.4) is 0 Å². The quantitative estimate of drug-likeness (QED) is 0.548. The molecule has 6 heteroatoms. The van der Waals surface area contributed by atoms with Crippen LogP contribution in [0.4, 0.5) is 0 Å². The Balaban J connectivity index is 1.80. The van der Waals surface area contributed by atoms with Crippen LogP contribution in [0.1, 0.15) is 24.1 Å². The van der Waals surface area contributed by atoms with Crippen molar-refractivity contribution in [1.29, 1.82) is 0 Å². The van der Waals surface area contributed by atoms with Gasteiger partial charge in [0, 0.05) is 10.5 Å². The van der Waals surface area contributed by atoms with Gasteiger partial charge in [-0.15, -0.1) is 0 Å². The van der Waals surface area contributed by atoms with Crippen LogP contribution >= 0.6 is 15.9 Å². The highest BCUT2D eigenvalue weighted by Gasteiger charge is 2.13. The minimum absolute atomic E-state index is 0.202. The third kappa shape index (κ3) is 6.04. The Hall–Kier alpha value is -2.60. The Morgan fingerprint density at radius 1 is 1.15 bits per heavy atom.